The largest absolute Gasteiger partial charge is 0.494 e. The highest BCUT2D eigenvalue weighted by Gasteiger charge is 2.27. The van der Waals surface area contributed by atoms with Crippen LogP contribution in [0, 0.1) is 0 Å². The van der Waals surface area contributed by atoms with Gasteiger partial charge in [-0.2, -0.15) is 5.10 Å². The molecule has 160 valence electrons. The highest BCUT2D eigenvalue weighted by molar-refractivity contribution is 5.85. The Labute approximate surface area is 175 Å². The molecule has 0 saturated carbocycles. The predicted molar refractivity (Wildman–Crippen MR) is 111 cm³/mol. The van der Waals surface area contributed by atoms with E-state index in [0.717, 1.165) is 11.3 Å². The summed E-state index contributed by atoms with van der Waals surface area (Å²) in [6.07, 6.45) is 2.42. The van der Waals surface area contributed by atoms with Gasteiger partial charge in [-0.05, 0) is 37.1 Å². The molecule has 0 aliphatic carbocycles. The fraction of sp³-hybridized carbons (Fsp3) is 0.429. The fourth-order valence-corrected chi connectivity index (χ4v) is 3.27. The number of hydrogen-bond acceptors (Lipinski definition) is 6. The van der Waals surface area contributed by atoms with Crippen LogP contribution in [-0.2, 0) is 16.1 Å². The van der Waals surface area contributed by atoms with Gasteiger partial charge in [-0.15, -0.1) is 0 Å². The normalized spacial score (nSPS) is 16.4. The zero-order valence-electron chi connectivity index (χ0n) is 17.0. The zero-order valence-corrected chi connectivity index (χ0v) is 17.0. The summed E-state index contributed by atoms with van der Waals surface area (Å²) in [5.74, 6) is 0.510. The number of ether oxygens (including phenoxy) is 1. The Morgan fingerprint density at radius 1 is 1.27 bits per heavy atom. The summed E-state index contributed by atoms with van der Waals surface area (Å²) >= 11 is 0. The summed E-state index contributed by atoms with van der Waals surface area (Å²) in [6, 6.07) is 10.6. The quantitative estimate of drug-likeness (QED) is 0.586. The Kier molecular flexibility index (Phi) is 7.56. The van der Waals surface area contributed by atoms with Crippen LogP contribution >= 0.6 is 0 Å². The first-order valence-corrected chi connectivity index (χ1v) is 10.1. The van der Waals surface area contributed by atoms with Crippen molar-refractivity contribution >= 4 is 11.8 Å². The molecule has 1 aliphatic heterocycles. The number of amides is 2. The highest BCUT2D eigenvalue weighted by atomic mass is 16.5. The van der Waals surface area contributed by atoms with Crippen molar-refractivity contribution in [2.24, 2.45) is 0 Å². The van der Waals surface area contributed by atoms with E-state index in [9.17, 15) is 14.4 Å². The second-order valence-corrected chi connectivity index (χ2v) is 7.00. The number of nitrogens with zero attached hydrogens (tertiary/aromatic N) is 3. The van der Waals surface area contributed by atoms with Gasteiger partial charge in [0.05, 0.1) is 13.3 Å². The second kappa shape index (κ2) is 10.5. The molecular weight excluding hydrogens is 386 g/mol. The summed E-state index contributed by atoms with van der Waals surface area (Å²) in [6.45, 7) is 3.69. The summed E-state index contributed by atoms with van der Waals surface area (Å²) in [7, 11) is 0. The van der Waals surface area contributed by atoms with E-state index in [2.05, 4.69) is 15.7 Å². The van der Waals surface area contributed by atoms with Crippen molar-refractivity contribution in [1.82, 2.24) is 25.3 Å². The van der Waals surface area contributed by atoms with Gasteiger partial charge in [0.1, 0.15) is 12.3 Å². The molecule has 1 aromatic carbocycles. The molecule has 30 heavy (non-hydrogen) atoms. The van der Waals surface area contributed by atoms with E-state index >= 15 is 0 Å². The van der Waals surface area contributed by atoms with Crippen molar-refractivity contribution < 1.29 is 14.3 Å². The van der Waals surface area contributed by atoms with Gasteiger partial charge in [-0.1, -0.05) is 12.1 Å². The lowest BCUT2D eigenvalue weighted by Crippen LogP contribution is -2.50. The number of carbonyl (C=O) groups is 2. The van der Waals surface area contributed by atoms with Gasteiger partial charge in [0.15, 0.2) is 0 Å². The molecule has 1 saturated heterocycles. The third kappa shape index (κ3) is 5.90. The number of aromatic nitrogens is 2. The van der Waals surface area contributed by atoms with Crippen LogP contribution in [0.5, 0.6) is 5.75 Å². The van der Waals surface area contributed by atoms with Gasteiger partial charge >= 0.3 is 0 Å². The third-order valence-electron chi connectivity index (χ3n) is 4.84. The van der Waals surface area contributed by atoms with Gasteiger partial charge in [0.25, 0.3) is 5.56 Å². The predicted octanol–water partition coefficient (Wildman–Crippen LogP) is 0.669. The molecule has 1 atom stereocenters. The van der Waals surface area contributed by atoms with Crippen LogP contribution in [0.1, 0.15) is 31.4 Å². The molecule has 2 amide bonds. The third-order valence-corrected chi connectivity index (χ3v) is 4.84. The molecule has 1 fully saturated rings. The standard InChI is InChI=1S/C21H27N5O4/c1-2-30-17-8-6-16(7-9-17)18-13-21(29)25(15-23-18)14-19(27)22-10-4-12-26-20(28)5-3-11-24-26/h3,5-9,11,18,23H,2,4,10,12-15H2,1H3,(H,22,27). The van der Waals surface area contributed by atoms with Crippen molar-refractivity contribution in [1.29, 1.82) is 0 Å². The maximum atomic E-state index is 12.5. The van der Waals surface area contributed by atoms with Crippen LogP contribution in [0.2, 0.25) is 0 Å². The van der Waals surface area contributed by atoms with Crippen LogP contribution in [0.4, 0.5) is 0 Å². The molecule has 9 heteroatoms. The van der Waals surface area contributed by atoms with E-state index in [1.165, 1.54) is 15.6 Å². The molecule has 0 spiro atoms. The number of rotatable bonds is 9. The van der Waals surface area contributed by atoms with Crippen molar-refractivity contribution in [2.75, 3.05) is 26.4 Å². The van der Waals surface area contributed by atoms with Gasteiger partial charge in [-0.25, -0.2) is 4.68 Å². The van der Waals surface area contributed by atoms with Crippen LogP contribution < -0.4 is 20.9 Å². The number of hydrogen-bond donors (Lipinski definition) is 2. The molecule has 1 aromatic heterocycles. The molecule has 2 aromatic rings. The molecule has 1 aliphatic rings. The number of carbonyl (C=O) groups excluding carboxylic acids is 2. The Morgan fingerprint density at radius 3 is 2.77 bits per heavy atom. The SMILES string of the molecule is CCOc1ccc(C2CC(=O)N(CC(=O)NCCCn3ncccc3=O)CN2)cc1. The second-order valence-electron chi connectivity index (χ2n) is 7.00. The van der Waals surface area contributed by atoms with E-state index in [1.807, 2.05) is 31.2 Å². The monoisotopic (exact) mass is 413 g/mol. The molecule has 1 unspecified atom stereocenters. The lowest BCUT2D eigenvalue weighted by atomic mass is 10.0. The lowest BCUT2D eigenvalue weighted by molar-refractivity contribution is -0.139. The smallest absolute Gasteiger partial charge is 0.266 e. The molecule has 2 N–H and O–H groups in total. The van der Waals surface area contributed by atoms with E-state index in [1.54, 1.807) is 12.3 Å². The Morgan fingerprint density at radius 2 is 2.07 bits per heavy atom. The van der Waals surface area contributed by atoms with Crippen molar-refractivity contribution in [3.05, 3.63) is 58.5 Å². The zero-order chi connectivity index (χ0) is 21.3. The van der Waals surface area contributed by atoms with Gasteiger partial charge in [0.2, 0.25) is 11.8 Å². The molecular formula is C21H27N5O4. The van der Waals surface area contributed by atoms with E-state index in [4.69, 9.17) is 4.74 Å². The Bertz CT molecular complexity index is 912. The lowest BCUT2D eigenvalue weighted by Gasteiger charge is -2.32. The highest BCUT2D eigenvalue weighted by Crippen LogP contribution is 2.23. The van der Waals surface area contributed by atoms with Crippen molar-refractivity contribution in [3.63, 3.8) is 0 Å². The summed E-state index contributed by atoms with van der Waals surface area (Å²) in [4.78, 5) is 37.7. The van der Waals surface area contributed by atoms with Gasteiger partial charge in [-0.3, -0.25) is 19.7 Å². The molecule has 9 nitrogen and oxygen atoms in total. The summed E-state index contributed by atoms with van der Waals surface area (Å²) < 4.78 is 6.79. The average Bonchev–Trinajstić information content (AvgIpc) is 2.75. The van der Waals surface area contributed by atoms with Crippen LogP contribution in [-0.4, -0.2) is 52.9 Å². The van der Waals surface area contributed by atoms with Gasteiger partial charge in [0, 0.05) is 37.8 Å². The fourth-order valence-electron chi connectivity index (χ4n) is 3.27. The molecule has 3 rings (SSSR count). The molecule has 2 heterocycles. The number of nitrogens with one attached hydrogen (secondary N) is 2. The Hall–Kier alpha value is -3.20. The minimum absolute atomic E-state index is 0.00532. The topological polar surface area (TPSA) is 106 Å². The first-order valence-electron chi connectivity index (χ1n) is 10.1. The van der Waals surface area contributed by atoms with Crippen LogP contribution in [0.25, 0.3) is 0 Å². The van der Waals surface area contributed by atoms with Gasteiger partial charge < -0.3 is 15.0 Å². The minimum atomic E-state index is -0.224. The first kappa shape index (κ1) is 21.5. The maximum Gasteiger partial charge on any atom is 0.266 e. The number of aryl methyl sites for hydroxylation is 1. The first-order chi connectivity index (χ1) is 14.6. The minimum Gasteiger partial charge on any atom is -0.494 e. The van der Waals surface area contributed by atoms with Crippen LogP contribution in [0.3, 0.4) is 0 Å². The number of benzene rings is 1. The van der Waals surface area contributed by atoms with Crippen molar-refractivity contribution in [3.8, 4) is 5.75 Å². The Balaban J connectivity index is 1.40. The molecule has 0 bridgehead atoms. The van der Waals surface area contributed by atoms with E-state index in [0.29, 0.717) is 39.2 Å². The molecule has 0 radical (unpaired) electrons. The van der Waals surface area contributed by atoms with Crippen molar-refractivity contribution in [2.45, 2.75) is 32.4 Å². The maximum absolute atomic E-state index is 12.5. The summed E-state index contributed by atoms with van der Waals surface area (Å²) in [5.41, 5.74) is 0.844. The van der Waals surface area contributed by atoms with Crippen LogP contribution in [0.15, 0.2) is 47.4 Å². The average molecular weight is 413 g/mol. The van der Waals surface area contributed by atoms with E-state index in [-0.39, 0.29) is 30.0 Å². The summed E-state index contributed by atoms with van der Waals surface area (Å²) in [5, 5.41) is 10.1. The van der Waals surface area contributed by atoms with E-state index < -0.39 is 0 Å².